The van der Waals surface area contributed by atoms with Crippen molar-refractivity contribution in [3.8, 4) is 0 Å². The molecule has 0 aliphatic heterocycles. The summed E-state index contributed by atoms with van der Waals surface area (Å²) in [5, 5.41) is 0. The molecule has 106 valence electrons. The summed E-state index contributed by atoms with van der Waals surface area (Å²) < 4.78 is 2.21. The third-order valence-electron chi connectivity index (χ3n) is 3.18. The second-order valence-corrected chi connectivity index (χ2v) is 6.63. The predicted octanol–water partition coefficient (Wildman–Crippen LogP) is 4.35. The normalized spacial score (nSPS) is 10.6. The molecule has 0 atom stereocenters. The van der Waals surface area contributed by atoms with Crippen LogP contribution in [-0.2, 0) is 13.0 Å². The van der Waals surface area contributed by atoms with Crippen LogP contribution in [0.25, 0.3) is 0 Å². The van der Waals surface area contributed by atoms with Crippen LogP contribution in [0.2, 0.25) is 0 Å². The second-order valence-electron chi connectivity index (χ2n) is 4.80. The summed E-state index contributed by atoms with van der Waals surface area (Å²) in [6.07, 6.45) is 0.887. The molecule has 2 aromatic carbocycles. The first-order chi connectivity index (χ1) is 9.60. The van der Waals surface area contributed by atoms with E-state index < -0.39 is 0 Å². The van der Waals surface area contributed by atoms with E-state index in [2.05, 4.69) is 80.2 Å². The quantitative estimate of drug-likeness (QED) is 0.812. The van der Waals surface area contributed by atoms with Gasteiger partial charge in [-0.25, -0.2) is 0 Å². The largest absolute Gasteiger partial charge is 0.370 e. The minimum absolute atomic E-state index is 0.661. The molecular formula is C16H18Br2N2. The fourth-order valence-electron chi connectivity index (χ4n) is 2.28. The molecule has 0 aliphatic rings. The predicted molar refractivity (Wildman–Crippen MR) is 93.1 cm³/mol. The number of hydrogen-bond acceptors (Lipinski definition) is 2. The Morgan fingerprint density at radius 2 is 1.80 bits per heavy atom. The van der Waals surface area contributed by atoms with E-state index in [0.717, 1.165) is 21.9 Å². The van der Waals surface area contributed by atoms with Gasteiger partial charge in [-0.1, -0.05) is 44.0 Å². The lowest BCUT2D eigenvalue weighted by molar-refractivity contribution is 0.891. The average molecular weight is 398 g/mol. The maximum atomic E-state index is 5.71. The van der Waals surface area contributed by atoms with Crippen LogP contribution in [0.1, 0.15) is 11.1 Å². The van der Waals surface area contributed by atoms with E-state index in [-0.39, 0.29) is 0 Å². The molecule has 2 nitrogen and oxygen atoms in total. The molecule has 0 unspecified atom stereocenters. The van der Waals surface area contributed by atoms with Gasteiger partial charge in [0.25, 0.3) is 0 Å². The summed E-state index contributed by atoms with van der Waals surface area (Å²) in [6.45, 7) is 1.53. The lowest BCUT2D eigenvalue weighted by atomic mass is 10.1. The highest BCUT2D eigenvalue weighted by Gasteiger charge is 2.08. The molecule has 0 heterocycles. The second kappa shape index (κ2) is 7.25. The number of hydrogen-bond donors (Lipinski definition) is 1. The molecule has 0 fully saturated rings. The van der Waals surface area contributed by atoms with Gasteiger partial charge in [0.05, 0.1) is 0 Å². The minimum atomic E-state index is 0.661. The monoisotopic (exact) mass is 396 g/mol. The first-order valence-electron chi connectivity index (χ1n) is 6.54. The van der Waals surface area contributed by atoms with Crippen molar-refractivity contribution < 1.29 is 0 Å². The van der Waals surface area contributed by atoms with Crippen molar-refractivity contribution in [2.75, 3.05) is 18.5 Å². The van der Waals surface area contributed by atoms with Crippen LogP contribution in [0.4, 0.5) is 5.69 Å². The summed E-state index contributed by atoms with van der Waals surface area (Å²) in [5.74, 6) is 0. The van der Waals surface area contributed by atoms with E-state index in [1.54, 1.807) is 0 Å². The van der Waals surface area contributed by atoms with Gasteiger partial charge in [0.1, 0.15) is 0 Å². The number of halogens is 2. The maximum absolute atomic E-state index is 5.71. The fourth-order valence-corrected chi connectivity index (χ4v) is 3.13. The molecule has 2 N–H and O–H groups in total. The van der Waals surface area contributed by atoms with Gasteiger partial charge in [0.2, 0.25) is 0 Å². The summed E-state index contributed by atoms with van der Waals surface area (Å²) in [6, 6.07) is 14.8. The Hall–Kier alpha value is -0.840. The van der Waals surface area contributed by atoms with E-state index in [1.165, 1.54) is 16.8 Å². The molecule has 0 spiro atoms. The summed E-state index contributed by atoms with van der Waals surface area (Å²) in [5.41, 5.74) is 9.51. The minimum Gasteiger partial charge on any atom is -0.370 e. The van der Waals surface area contributed by atoms with Crippen LogP contribution in [-0.4, -0.2) is 13.6 Å². The number of benzene rings is 2. The Kier molecular flexibility index (Phi) is 5.64. The van der Waals surface area contributed by atoms with E-state index in [0.29, 0.717) is 6.54 Å². The highest BCUT2D eigenvalue weighted by Crippen LogP contribution is 2.26. The Balaban J connectivity index is 2.22. The van der Waals surface area contributed by atoms with Crippen LogP contribution < -0.4 is 10.6 Å². The molecule has 0 saturated heterocycles. The summed E-state index contributed by atoms with van der Waals surface area (Å²) >= 11 is 7.04. The molecule has 0 radical (unpaired) electrons. The molecular weight excluding hydrogens is 380 g/mol. The van der Waals surface area contributed by atoms with Gasteiger partial charge in [-0.3, -0.25) is 0 Å². The smallest absolute Gasteiger partial charge is 0.0426 e. The Labute approximate surface area is 137 Å². The lowest BCUT2D eigenvalue weighted by Gasteiger charge is -2.23. The molecule has 2 aromatic rings. The zero-order chi connectivity index (χ0) is 14.5. The van der Waals surface area contributed by atoms with Gasteiger partial charge < -0.3 is 10.6 Å². The number of nitrogens with zero attached hydrogens (tertiary/aromatic N) is 1. The summed E-state index contributed by atoms with van der Waals surface area (Å²) in [7, 11) is 2.12. The Bertz CT molecular complexity index is 584. The van der Waals surface area contributed by atoms with E-state index in [1.807, 2.05) is 6.07 Å². The topological polar surface area (TPSA) is 29.3 Å². The first kappa shape index (κ1) is 15.5. The first-order valence-corrected chi connectivity index (χ1v) is 8.13. The Morgan fingerprint density at radius 1 is 1.05 bits per heavy atom. The van der Waals surface area contributed by atoms with Crippen molar-refractivity contribution in [3.63, 3.8) is 0 Å². The highest BCUT2D eigenvalue weighted by molar-refractivity contribution is 9.10. The lowest BCUT2D eigenvalue weighted by Crippen LogP contribution is -2.19. The van der Waals surface area contributed by atoms with E-state index in [4.69, 9.17) is 5.73 Å². The highest BCUT2D eigenvalue weighted by atomic mass is 79.9. The third-order valence-corrected chi connectivity index (χ3v) is 4.16. The van der Waals surface area contributed by atoms with Crippen LogP contribution in [0, 0.1) is 0 Å². The fraction of sp³-hybridized carbons (Fsp3) is 0.250. The molecule has 0 saturated carbocycles. The van der Waals surface area contributed by atoms with Crippen LogP contribution in [0.5, 0.6) is 0 Å². The van der Waals surface area contributed by atoms with Crippen molar-refractivity contribution in [1.82, 2.24) is 0 Å². The van der Waals surface area contributed by atoms with Gasteiger partial charge in [-0.2, -0.15) is 0 Å². The van der Waals surface area contributed by atoms with Crippen molar-refractivity contribution >= 4 is 37.5 Å². The van der Waals surface area contributed by atoms with E-state index >= 15 is 0 Å². The number of anilines is 1. The van der Waals surface area contributed by atoms with Crippen LogP contribution >= 0.6 is 31.9 Å². The number of nitrogens with two attached hydrogens (primary N) is 1. The summed E-state index contributed by atoms with van der Waals surface area (Å²) in [4.78, 5) is 2.26. The maximum Gasteiger partial charge on any atom is 0.0426 e. The zero-order valence-electron chi connectivity index (χ0n) is 11.4. The van der Waals surface area contributed by atoms with Crippen molar-refractivity contribution in [2.45, 2.75) is 13.0 Å². The molecule has 2 rings (SSSR count). The van der Waals surface area contributed by atoms with Gasteiger partial charge in [0.15, 0.2) is 0 Å². The number of rotatable bonds is 5. The molecule has 0 bridgehead atoms. The van der Waals surface area contributed by atoms with Crippen LogP contribution in [0.15, 0.2) is 51.4 Å². The molecule has 0 aromatic heterocycles. The van der Waals surface area contributed by atoms with E-state index in [9.17, 15) is 0 Å². The molecule has 4 heteroatoms. The van der Waals surface area contributed by atoms with Gasteiger partial charge in [-0.15, -0.1) is 0 Å². The third kappa shape index (κ3) is 4.08. The molecule has 20 heavy (non-hydrogen) atoms. The SMILES string of the molecule is CN(Cc1cccc(Br)c1)c1ccc(Br)cc1CCN. The van der Waals surface area contributed by atoms with Gasteiger partial charge in [-0.05, 0) is 54.4 Å². The van der Waals surface area contributed by atoms with Gasteiger partial charge >= 0.3 is 0 Å². The molecule has 0 amide bonds. The van der Waals surface area contributed by atoms with Crippen molar-refractivity contribution in [1.29, 1.82) is 0 Å². The Morgan fingerprint density at radius 3 is 2.50 bits per heavy atom. The molecule has 0 aliphatic carbocycles. The van der Waals surface area contributed by atoms with Crippen molar-refractivity contribution in [2.24, 2.45) is 5.73 Å². The van der Waals surface area contributed by atoms with Crippen molar-refractivity contribution in [3.05, 3.63) is 62.5 Å². The van der Waals surface area contributed by atoms with Gasteiger partial charge in [0, 0.05) is 28.2 Å². The average Bonchev–Trinajstić information content (AvgIpc) is 2.39. The standard InChI is InChI=1S/C16H18Br2N2/c1-20(11-12-3-2-4-14(17)9-12)16-6-5-15(18)10-13(16)7-8-19/h2-6,9-10H,7-8,11,19H2,1H3. The zero-order valence-corrected chi connectivity index (χ0v) is 14.6. The van der Waals surface area contributed by atoms with Crippen LogP contribution in [0.3, 0.4) is 0 Å².